The SMILES string of the molecule is CN(C)C(Cc1c[nH]c2ccc(F)c([N+](=O)[O-])c12)C(=O)N(C)C(C=O)Cc1ccc(Br)c(O)c1. The first kappa shape index (κ1) is 25.3. The number of nitro groups is 1. The largest absolute Gasteiger partial charge is 0.507 e. The van der Waals surface area contributed by atoms with Crippen molar-refractivity contribution in [3.05, 3.63) is 68.1 Å². The minimum absolute atomic E-state index is 0.0236. The molecular weight excluding hydrogens is 511 g/mol. The third-order valence-corrected chi connectivity index (χ3v) is 6.48. The first-order valence-electron chi connectivity index (χ1n) is 10.3. The van der Waals surface area contributed by atoms with Crippen molar-refractivity contribution in [2.75, 3.05) is 21.1 Å². The van der Waals surface area contributed by atoms with Crippen LogP contribution < -0.4 is 0 Å². The van der Waals surface area contributed by atoms with Crippen LogP contribution in [0.15, 0.2) is 41.0 Å². The number of nitrogens with zero attached hydrogens (tertiary/aromatic N) is 3. The number of hydrogen-bond acceptors (Lipinski definition) is 6. The summed E-state index contributed by atoms with van der Waals surface area (Å²) in [4.78, 5) is 41.8. The molecule has 0 saturated heterocycles. The number of fused-ring (bicyclic) bond motifs is 1. The number of carbonyl (C=O) groups excluding carboxylic acids is 2. The fourth-order valence-corrected chi connectivity index (χ4v) is 4.13. The molecule has 34 heavy (non-hydrogen) atoms. The van der Waals surface area contributed by atoms with Crippen molar-refractivity contribution in [1.29, 1.82) is 0 Å². The molecule has 2 unspecified atom stereocenters. The summed E-state index contributed by atoms with van der Waals surface area (Å²) in [5, 5.41) is 21.5. The number of amides is 1. The van der Waals surface area contributed by atoms with Crippen molar-refractivity contribution in [1.82, 2.24) is 14.8 Å². The number of aldehydes is 1. The number of nitro benzene ring substituents is 1. The van der Waals surface area contributed by atoms with Crippen molar-refractivity contribution in [2.24, 2.45) is 0 Å². The minimum atomic E-state index is -0.957. The van der Waals surface area contributed by atoms with Gasteiger partial charge in [-0.1, -0.05) is 6.07 Å². The molecule has 0 bridgehead atoms. The van der Waals surface area contributed by atoms with Gasteiger partial charge >= 0.3 is 5.69 Å². The summed E-state index contributed by atoms with van der Waals surface area (Å²) < 4.78 is 14.7. The Morgan fingerprint density at radius 2 is 1.97 bits per heavy atom. The molecule has 0 aliphatic carbocycles. The van der Waals surface area contributed by atoms with Crippen LogP contribution in [0.2, 0.25) is 0 Å². The molecule has 2 atom stereocenters. The lowest BCUT2D eigenvalue weighted by molar-refractivity contribution is -0.385. The number of aromatic hydroxyl groups is 1. The van der Waals surface area contributed by atoms with Crippen molar-refractivity contribution < 1.29 is 24.0 Å². The molecule has 2 N–H and O–H groups in total. The number of likely N-dealkylation sites (N-methyl/N-ethyl adjacent to an activating group) is 2. The Morgan fingerprint density at radius 3 is 2.56 bits per heavy atom. The van der Waals surface area contributed by atoms with Crippen molar-refractivity contribution >= 4 is 44.7 Å². The zero-order chi connectivity index (χ0) is 25.2. The zero-order valence-electron chi connectivity index (χ0n) is 18.8. The molecular formula is C23H24BrFN4O5. The second kappa shape index (κ2) is 10.3. The predicted octanol–water partition coefficient (Wildman–Crippen LogP) is 3.42. The van der Waals surface area contributed by atoms with Crippen LogP contribution in [0.5, 0.6) is 5.75 Å². The summed E-state index contributed by atoms with van der Waals surface area (Å²) in [7, 11) is 4.87. The topological polar surface area (TPSA) is 120 Å². The smallest absolute Gasteiger partial charge is 0.314 e. The first-order chi connectivity index (χ1) is 16.0. The Hall–Kier alpha value is -3.31. The summed E-state index contributed by atoms with van der Waals surface area (Å²) in [5.74, 6) is -1.31. The molecule has 0 spiro atoms. The van der Waals surface area contributed by atoms with E-state index in [9.17, 15) is 29.2 Å². The van der Waals surface area contributed by atoms with E-state index < -0.39 is 28.5 Å². The molecule has 9 nitrogen and oxygen atoms in total. The number of aromatic nitrogens is 1. The van der Waals surface area contributed by atoms with Crippen LogP contribution in [0.25, 0.3) is 10.9 Å². The lowest BCUT2D eigenvalue weighted by Gasteiger charge is -2.31. The number of nitrogens with one attached hydrogen (secondary N) is 1. The van der Waals surface area contributed by atoms with E-state index in [-0.39, 0.29) is 29.9 Å². The van der Waals surface area contributed by atoms with Gasteiger partial charge in [-0.15, -0.1) is 0 Å². The van der Waals surface area contributed by atoms with Gasteiger partial charge in [0, 0.05) is 13.2 Å². The Kier molecular flexibility index (Phi) is 7.68. The van der Waals surface area contributed by atoms with Crippen LogP contribution in [0, 0.1) is 15.9 Å². The molecule has 1 amide bonds. The van der Waals surface area contributed by atoms with Crippen LogP contribution in [0.1, 0.15) is 11.1 Å². The zero-order valence-corrected chi connectivity index (χ0v) is 20.4. The average Bonchev–Trinajstić information content (AvgIpc) is 3.19. The Morgan fingerprint density at radius 1 is 1.26 bits per heavy atom. The van der Waals surface area contributed by atoms with E-state index in [4.69, 9.17) is 0 Å². The molecule has 3 rings (SSSR count). The van der Waals surface area contributed by atoms with E-state index in [1.54, 1.807) is 31.1 Å². The van der Waals surface area contributed by atoms with Crippen LogP contribution in [0.3, 0.4) is 0 Å². The molecule has 0 aliphatic rings. The number of carbonyl (C=O) groups is 2. The van der Waals surface area contributed by atoms with E-state index in [0.717, 1.165) is 6.07 Å². The maximum Gasteiger partial charge on any atom is 0.314 e. The molecule has 0 fully saturated rings. The highest BCUT2D eigenvalue weighted by molar-refractivity contribution is 9.10. The molecule has 3 aromatic rings. The van der Waals surface area contributed by atoms with Gasteiger partial charge in [0.25, 0.3) is 0 Å². The second-order valence-corrected chi connectivity index (χ2v) is 9.07. The molecule has 180 valence electrons. The lowest BCUT2D eigenvalue weighted by Crippen LogP contribution is -2.50. The number of rotatable bonds is 9. The first-order valence-corrected chi connectivity index (χ1v) is 11.1. The molecule has 2 aromatic carbocycles. The Labute approximate surface area is 203 Å². The molecule has 0 radical (unpaired) electrons. The average molecular weight is 535 g/mol. The number of halogens is 2. The summed E-state index contributed by atoms with van der Waals surface area (Å²) in [6, 6.07) is 5.77. The van der Waals surface area contributed by atoms with Crippen LogP contribution >= 0.6 is 15.9 Å². The normalized spacial score (nSPS) is 13.1. The molecule has 1 heterocycles. The maximum atomic E-state index is 14.2. The summed E-state index contributed by atoms with van der Waals surface area (Å²) in [5.41, 5.74) is 0.832. The van der Waals surface area contributed by atoms with Gasteiger partial charge in [-0.3, -0.25) is 19.8 Å². The van der Waals surface area contributed by atoms with Gasteiger partial charge in [0.1, 0.15) is 12.0 Å². The quantitative estimate of drug-likeness (QED) is 0.246. The second-order valence-electron chi connectivity index (χ2n) is 8.22. The number of phenolic OH excluding ortho intramolecular Hbond substituents is 1. The number of aromatic amines is 1. The number of benzene rings is 2. The summed E-state index contributed by atoms with van der Waals surface area (Å²) >= 11 is 3.21. The number of phenols is 1. The van der Waals surface area contributed by atoms with Gasteiger partial charge in [0.05, 0.1) is 32.4 Å². The minimum Gasteiger partial charge on any atom is -0.507 e. The molecule has 1 aromatic heterocycles. The van der Waals surface area contributed by atoms with Crippen molar-refractivity contribution in [2.45, 2.75) is 24.9 Å². The van der Waals surface area contributed by atoms with Gasteiger partial charge in [0.2, 0.25) is 11.7 Å². The van der Waals surface area contributed by atoms with E-state index in [2.05, 4.69) is 20.9 Å². The van der Waals surface area contributed by atoms with E-state index in [1.165, 1.54) is 30.3 Å². The molecule has 0 aliphatic heterocycles. The van der Waals surface area contributed by atoms with E-state index in [0.29, 0.717) is 27.4 Å². The monoisotopic (exact) mass is 534 g/mol. The van der Waals surface area contributed by atoms with Gasteiger partial charge in [-0.2, -0.15) is 4.39 Å². The third kappa shape index (κ3) is 5.10. The van der Waals surface area contributed by atoms with Crippen molar-refractivity contribution in [3.8, 4) is 5.75 Å². The van der Waals surface area contributed by atoms with E-state index in [1.807, 2.05) is 0 Å². The highest BCUT2D eigenvalue weighted by Crippen LogP contribution is 2.32. The number of hydrogen-bond donors (Lipinski definition) is 2. The third-order valence-electron chi connectivity index (χ3n) is 5.81. The highest BCUT2D eigenvalue weighted by atomic mass is 79.9. The standard InChI is InChI=1S/C23H24BrFN4O5/c1-27(2)19(10-14-11-26-18-7-6-17(25)22(21(14)18)29(33)34)23(32)28(3)15(12-30)8-13-4-5-16(24)20(31)9-13/h4-7,9,11-12,15,19,26,31H,8,10H2,1-3H3. The summed E-state index contributed by atoms with van der Waals surface area (Å²) in [6.07, 6.45) is 2.44. The fourth-order valence-electron chi connectivity index (χ4n) is 3.89. The lowest BCUT2D eigenvalue weighted by atomic mass is 10.00. The van der Waals surface area contributed by atoms with Gasteiger partial charge < -0.3 is 19.8 Å². The van der Waals surface area contributed by atoms with E-state index >= 15 is 0 Å². The molecule has 11 heteroatoms. The van der Waals surface area contributed by atoms with Crippen LogP contribution in [-0.4, -0.2) is 70.2 Å². The van der Waals surface area contributed by atoms with Crippen LogP contribution in [-0.2, 0) is 22.4 Å². The maximum absolute atomic E-state index is 14.2. The van der Waals surface area contributed by atoms with Crippen LogP contribution in [0.4, 0.5) is 10.1 Å². The molecule has 0 saturated carbocycles. The highest BCUT2D eigenvalue weighted by Gasteiger charge is 2.31. The Balaban J connectivity index is 1.89. The van der Waals surface area contributed by atoms with Gasteiger partial charge in [-0.25, -0.2) is 0 Å². The fraction of sp³-hybridized carbons (Fsp3) is 0.304. The predicted molar refractivity (Wildman–Crippen MR) is 128 cm³/mol. The van der Waals surface area contributed by atoms with Gasteiger partial charge in [0.15, 0.2) is 0 Å². The summed E-state index contributed by atoms with van der Waals surface area (Å²) in [6.45, 7) is 0. The van der Waals surface area contributed by atoms with Gasteiger partial charge in [-0.05, 0) is 78.3 Å². The number of H-pyrrole nitrogens is 1. The van der Waals surface area contributed by atoms with Crippen molar-refractivity contribution in [3.63, 3.8) is 0 Å². The Bertz CT molecular complexity index is 1250.